The Kier molecular flexibility index (Phi) is 4.74. The Morgan fingerprint density at radius 2 is 1.48 bits per heavy atom. The zero-order valence-electron chi connectivity index (χ0n) is 15.1. The van der Waals surface area contributed by atoms with E-state index in [1.165, 1.54) is 65.5 Å². The van der Waals surface area contributed by atoms with E-state index in [1.807, 2.05) is 6.92 Å². The molecule has 0 radical (unpaired) electrons. The van der Waals surface area contributed by atoms with Crippen molar-refractivity contribution in [3.05, 3.63) is 76.9 Å². The molecule has 0 fully saturated rings. The second kappa shape index (κ2) is 7.31. The number of aryl methyl sites for hydroxylation is 2. The van der Waals surface area contributed by atoms with Crippen LogP contribution in [0, 0.1) is 0 Å². The molecule has 0 aromatic heterocycles. The first-order valence-electron chi connectivity index (χ1n) is 9.59. The van der Waals surface area contributed by atoms with Crippen LogP contribution in [0.5, 0.6) is 5.75 Å². The Hall–Kier alpha value is -2.28. The number of hydrogen-bond acceptors (Lipinski definition) is 1. The van der Waals surface area contributed by atoms with Crippen molar-refractivity contribution in [2.24, 2.45) is 0 Å². The highest BCUT2D eigenvalue weighted by molar-refractivity contribution is 5.77. The predicted octanol–water partition coefficient (Wildman–Crippen LogP) is 6.22. The number of hydrogen-bond donors (Lipinski definition) is 0. The summed E-state index contributed by atoms with van der Waals surface area (Å²) in [5, 5.41) is 0. The van der Waals surface area contributed by atoms with Gasteiger partial charge in [-0.05, 0) is 91.0 Å². The summed E-state index contributed by atoms with van der Waals surface area (Å²) >= 11 is 0. The van der Waals surface area contributed by atoms with Crippen LogP contribution in [0.4, 0.5) is 0 Å². The van der Waals surface area contributed by atoms with Crippen molar-refractivity contribution in [1.29, 1.82) is 0 Å². The highest BCUT2D eigenvalue weighted by Crippen LogP contribution is 2.35. The van der Waals surface area contributed by atoms with Gasteiger partial charge in [0.1, 0.15) is 5.75 Å². The molecule has 1 heteroatoms. The average Bonchev–Trinajstić information content (AvgIpc) is 2.66. The quantitative estimate of drug-likeness (QED) is 0.648. The first kappa shape index (κ1) is 16.2. The molecule has 0 N–H and O–H groups in total. The van der Waals surface area contributed by atoms with E-state index in [9.17, 15) is 0 Å². The average molecular weight is 330 g/mol. The summed E-state index contributed by atoms with van der Waals surface area (Å²) in [5.74, 6) is 1.00. The van der Waals surface area contributed by atoms with Crippen molar-refractivity contribution in [3.8, 4) is 5.75 Å². The minimum absolute atomic E-state index is 0.729. The predicted molar refractivity (Wildman–Crippen MR) is 106 cm³/mol. The molecule has 0 unspecified atom stereocenters. The molecule has 0 amide bonds. The summed E-state index contributed by atoms with van der Waals surface area (Å²) < 4.78 is 5.67. The topological polar surface area (TPSA) is 9.23 Å². The standard InChI is InChI=1S/C24H26O/c1-2-25-22-15-16-24-20(10-6-11-21(24)17-22)14-13-19-9-5-8-18-7-3-4-12-23(18)19/h3-4,7,12-17H,2,5-6,8-11H2,1H3. The number of allylic oxidation sites excluding steroid dienone is 4. The van der Waals surface area contributed by atoms with E-state index in [-0.39, 0.29) is 0 Å². The van der Waals surface area contributed by atoms with E-state index in [1.54, 1.807) is 0 Å². The molecular formula is C24H26O. The Labute approximate surface area is 151 Å². The summed E-state index contributed by atoms with van der Waals surface area (Å²) in [6.45, 7) is 2.77. The van der Waals surface area contributed by atoms with Crippen LogP contribution in [0.15, 0.2) is 54.6 Å². The lowest BCUT2D eigenvalue weighted by atomic mass is 9.85. The van der Waals surface area contributed by atoms with Gasteiger partial charge in [0.2, 0.25) is 0 Å². The molecule has 25 heavy (non-hydrogen) atoms. The molecule has 0 saturated heterocycles. The van der Waals surface area contributed by atoms with E-state index in [2.05, 4.69) is 54.6 Å². The van der Waals surface area contributed by atoms with Gasteiger partial charge in [-0.25, -0.2) is 0 Å². The second-order valence-corrected chi connectivity index (χ2v) is 7.00. The molecule has 128 valence electrons. The third kappa shape index (κ3) is 3.42. The fraction of sp³-hybridized carbons (Fsp3) is 0.333. The number of rotatable bonds is 3. The molecule has 0 saturated carbocycles. The summed E-state index contributed by atoms with van der Waals surface area (Å²) in [7, 11) is 0. The minimum atomic E-state index is 0.729. The van der Waals surface area contributed by atoms with E-state index in [0.29, 0.717) is 0 Å². The zero-order chi connectivity index (χ0) is 17.1. The van der Waals surface area contributed by atoms with Crippen LogP contribution in [0.3, 0.4) is 0 Å². The Balaban J connectivity index is 1.66. The van der Waals surface area contributed by atoms with Gasteiger partial charge >= 0.3 is 0 Å². The summed E-state index contributed by atoms with van der Waals surface area (Å²) in [5.41, 5.74) is 8.77. The largest absolute Gasteiger partial charge is 0.494 e. The summed E-state index contributed by atoms with van der Waals surface area (Å²) in [4.78, 5) is 0. The van der Waals surface area contributed by atoms with Crippen molar-refractivity contribution in [3.63, 3.8) is 0 Å². The maximum atomic E-state index is 5.67. The van der Waals surface area contributed by atoms with Gasteiger partial charge < -0.3 is 4.74 Å². The highest BCUT2D eigenvalue weighted by Gasteiger charge is 2.16. The van der Waals surface area contributed by atoms with Gasteiger partial charge in [-0.15, -0.1) is 0 Å². The Morgan fingerprint density at radius 3 is 2.24 bits per heavy atom. The lowest BCUT2D eigenvalue weighted by Crippen LogP contribution is -2.03. The van der Waals surface area contributed by atoms with Gasteiger partial charge in [0.15, 0.2) is 0 Å². The van der Waals surface area contributed by atoms with Crippen LogP contribution < -0.4 is 4.74 Å². The third-order valence-corrected chi connectivity index (χ3v) is 5.37. The van der Waals surface area contributed by atoms with Gasteiger partial charge in [0.05, 0.1) is 6.61 Å². The van der Waals surface area contributed by atoms with Crippen LogP contribution in [0.2, 0.25) is 0 Å². The van der Waals surface area contributed by atoms with Crippen molar-refractivity contribution in [2.75, 3.05) is 6.61 Å². The third-order valence-electron chi connectivity index (χ3n) is 5.37. The molecule has 0 bridgehead atoms. The molecule has 2 aliphatic rings. The van der Waals surface area contributed by atoms with Crippen LogP contribution in [-0.2, 0) is 12.8 Å². The van der Waals surface area contributed by atoms with E-state index in [4.69, 9.17) is 4.74 Å². The van der Waals surface area contributed by atoms with Crippen LogP contribution in [-0.4, -0.2) is 6.61 Å². The molecule has 2 aromatic carbocycles. The lowest BCUT2D eigenvalue weighted by molar-refractivity contribution is 0.340. The van der Waals surface area contributed by atoms with Gasteiger partial charge in [-0.3, -0.25) is 0 Å². The normalized spacial score (nSPS) is 19.6. The van der Waals surface area contributed by atoms with Gasteiger partial charge in [0, 0.05) is 0 Å². The fourth-order valence-corrected chi connectivity index (χ4v) is 4.15. The van der Waals surface area contributed by atoms with Crippen LogP contribution in [0.1, 0.15) is 54.9 Å². The fourth-order valence-electron chi connectivity index (χ4n) is 4.15. The molecule has 0 spiro atoms. The van der Waals surface area contributed by atoms with Crippen LogP contribution in [0.25, 0.3) is 11.1 Å². The number of benzene rings is 2. The van der Waals surface area contributed by atoms with Crippen molar-refractivity contribution < 1.29 is 4.74 Å². The maximum absolute atomic E-state index is 5.67. The molecule has 2 aliphatic carbocycles. The van der Waals surface area contributed by atoms with Crippen molar-refractivity contribution in [2.45, 2.75) is 45.4 Å². The zero-order valence-corrected chi connectivity index (χ0v) is 15.1. The summed E-state index contributed by atoms with van der Waals surface area (Å²) in [6.07, 6.45) is 12.0. The second-order valence-electron chi connectivity index (χ2n) is 7.00. The molecular weight excluding hydrogens is 304 g/mol. The van der Waals surface area contributed by atoms with Crippen molar-refractivity contribution >= 4 is 11.1 Å². The first-order chi connectivity index (χ1) is 12.3. The molecule has 1 nitrogen and oxygen atoms in total. The van der Waals surface area contributed by atoms with E-state index in [0.717, 1.165) is 18.8 Å². The number of fused-ring (bicyclic) bond motifs is 2. The Morgan fingerprint density at radius 1 is 0.800 bits per heavy atom. The molecule has 0 aliphatic heterocycles. The van der Waals surface area contributed by atoms with E-state index < -0.39 is 0 Å². The van der Waals surface area contributed by atoms with E-state index >= 15 is 0 Å². The first-order valence-corrected chi connectivity index (χ1v) is 9.59. The van der Waals surface area contributed by atoms with Gasteiger partial charge in [-0.1, -0.05) is 42.5 Å². The van der Waals surface area contributed by atoms with Gasteiger partial charge in [-0.2, -0.15) is 0 Å². The molecule has 0 atom stereocenters. The smallest absolute Gasteiger partial charge is 0.119 e. The number of ether oxygens (including phenoxy) is 1. The van der Waals surface area contributed by atoms with Crippen molar-refractivity contribution in [1.82, 2.24) is 0 Å². The highest BCUT2D eigenvalue weighted by atomic mass is 16.5. The van der Waals surface area contributed by atoms with Crippen LogP contribution >= 0.6 is 0 Å². The summed E-state index contributed by atoms with van der Waals surface area (Å²) in [6, 6.07) is 15.5. The molecule has 4 rings (SSSR count). The Bertz CT molecular complexity index is 826. The lowest BCUT2D eigenvalue weighted by Gasteiger charge is -2.21. The maximum Gasteiger partial charge on any atom is 0.119 e. The minimum Gasteiger partial charge on any atom is -0.494 e. The van der Waals surface area contributed by atoms with Gasteiger partial charge in [0.25, 0.3) is 0 Å². The molecule has 2 aromatic rings. The monoisotopic (exact) mass is 330 g/mol. The SMILES string of the molecule is CCOc1ccc2c(c1)CCCC2=CC=C1CCCc2ccccc21. The molecule has 0 heterocycles.